The Balaban J connectivity index is 0.000000336. The summed E-state index contributed by atoms with van der Waals surface area (Å²) in [5.74, 6) is 0.464. The molecule has 3 nitrogen and oxygen atoms in total. The predicted octanol–water partition coefficient (Wildman–Crippen LogP) is 2.62. The molecule has 0 N–H and O–H groups in total. The Bertz CT molecular complexity index is 265. The molecule has 0 spiro atoms. The zero-order valence-corrected chi connectivity index (χ0v) is 7.74. The molecule has 0 bridgehead atoms. The van der Waals surface area contributed by atoms with Crippen molar-refractivity contribution in [2.75, 3.05) is 0 Å². The van der Waals surface area contributed by atoms with Gasteiger partial charge in [-0.15, -0.1) is 0 Å². The second-order valence-corrected chi connectivity index (χ2v) is 2.57. The van der Waals surface area contributed by atoms with E-state index in [0.29, 0.717) is 5.92 Å². The molecule has 0 aromatic carbocycles. The quantitative estimate of drug-likeness (QED) is 0.594. The monoisotopic (exact) mass is 166 g/mol. The van der Waals surface area contributed by atoms with E-state index in [1.165, 1.54) is 0 Å². The SMILES string of the molecule is CC.CC1CC=Cc2nonc21. The molecule has 1 aromatic heterocycles. The van der Waals surface area contributed by atoms with Crippen LogP contribution in [-0.4, -0.2) is 10.3 Å². The fraction of sp³-hybridized carbons (Fsp3) is 0.556. The van der Waals surface area contributed by atoms with Gasteiger partial charge < -0.3 is 0 Å². The van der Waals surface area contributed by atoms with Gasteiger partial charge in [0.25, 0.3) is 0 Å². The molecule has 1 aliphatic rings. The molecule has 1 atom stereocenters. The highest BCUT2D eigenvalue weighted by Gasteiger charge is 2.17. The number of hydrogen-bond acceptors (Lipinski definition) is 3. The van der Waals surface area contributed by atoms with Crippen molar-refractivity contribution in [1.29, 1.82) is 0 Å². The van der Waals surface area contributed by atoms with Crippen molar-refractivity contribution in [2.24, 2.45) is 0 Å². The zero-order chi connectivity index (χ0) is 8.97. The summed E-state index contributed by atoms with van der Waals surface area (Å²) in [7, 11) is 0. The fourth-order valence-corrected chi connectivity index (χ4v) is 1.16. The summed E-state index contributed by atoms with van der Waals surface area (Å²) >= 11 is 0. The molecule has 3 heteroatoms. The van der Waals surface area contributed by atoms with Crippen LogP contribution < -0.4 is 0 Å². The van der Waals surface area contributed by atoms with Crippen LogP contribution in [0.15, 0.2) is 10.7 Å². The van der Waals surface area contributed by atoms with Crippen molar-refractivity contribution in [3.63, 3.8) is 0 Å². The minimum absolute atomic E-state index is 0.464. The molecule has 0 radical (unpaired) electrons. The van der Waals surface area contributed by atoms with E-state index in [0.717, 1.165) is 17.8 Å². The number of rotatable bonds is 0. The van der Waals surface area contributed by atoms with Gasteiger partial charge in [0.15, 0.2) is 0 Å². The van der Waals surface area contributed by atoms with Gasteiger partial charge in [-0.1, -0.05) is 37.2 Å². The third-order valence-corrected chi connectivity index (χ3v) is 1.77. The summed E-state index contributed by atoms with van der Waals surface area (Å²) < 4.78 is 4.59. The van der Waals surface area contributed by atoms with E-state index >= 15 is 0 Å². The van der Waals surface area contributed by atoms with Crippen molar-refractivity contribution in [3.05, 3.63) is 17.5 Å². The molecule has 1 unspecified atom stereocenters. The molecular formula is C9H14N2O. The van der Waals surface area contributed by atoms with Gasteiger partial charge in [0.05, 0.1) is 0 Å². The van der Waals surface area contributed by atoms with E-state index in [9.17, 15) is 0 Å². The lowest BCUT2D eigenvalue weighted by Gasteiger charge is -2.07. The van der Waals surface area contributed by atoms with Crippen LogP contribution in [0.5, 0.6) is 0 Å². The summed E-state index contributed by atoms with van der Waals surface area (Å²) in [6.07, 6.45) is 5.09. The first-order chi connectivity index (χ1) is 5.88. The van der Waals surface area contributed by atoms with Crippen LogP contribution in [-0.2, 0) is 0 Å². The molecule has 0 saturated carbocycles. The van der Waals surface area contributed by atoms with Crippen molar-refractivity contribution >= 4 is 6.08 Å². The average Bonchev–Trinajstić information content (AvgIpc) is 2.57. The van der Waals surface area contributed by atoms with Gasteiger partial charge in [0.2, 0.25) is 0 Å². The van der Waals surface area contributed by atoms with E-state index in [-0.39, 0.29) is 0 Å². The molecule has 0 amide bonds. The highest BCUT2D eigenvalue weighted by atomic mass is 16.6. The van der Waals surface area contributed by atoms with Gasteiger partial charge in [-0.2, -0.15) is 0 Å². The molecule has 1 aromatic rings. The number of hydrogen-bond donors (Lipinski definition) is 0. The third-order valence-electron chi connectivity index (χ3n) is 1.77. The minimum atomic E-state index is 0.464. The predicted molar refractivity (Wildman–Crippen MR) is 47.7 cm³/mol. The van der Waals surface area contributed by atoms with Crippen LogP contribution in [0.4, 0.5) is 0 Å². The molecule has 1 heterocycles. The van der Waals surface area contributed by atoms with Gasteiger partial charge >= 0.3 is 0 Å². The molecule has 0 saturated heterocycles. The lowest BCUT2D eigenvalue weighted by atomic mass is 9.97. The van der Waals surface area contributed by atoms with E-state index in [1.807, 2.05) is 19.9 Å². The Labute approximate surface area is 72.4 Å². The minimum Gasteiger partial charge on any atom is -0.244 e. The first-order valence-corrected chi connectivity index (χ1v) is 4.37. The summed E-state index contributed by atoms with van der Waals surface area (Å²) in [5, 5.41) is 7.53. The summed E-state index contributed by atoms with van der Waals surface area (Å²) in [6.45, 7) is 6.12. The normalized spacial score (nSPS) is 19.4. The molecule has 12 heavy (non-hydrogen) atoms. The lowest BCUT2D eigenvalue weighted by molar-refractivity contribution is 0.301. The maximum atomic E-state index is 4.59. The summed E-state index contributed by atoms with van der Waals surface area (Å²) in [6, 6.07) is 0. The number of allylic oxidation sites excluding steroid dienone is 1. The lowest BCUT2D eigenvalue weighted by Crippen LogP contribution is -1.98. The first-order valence-electron chi connectivity index (χ1n) is 4.37. The summed E-state index contributed by atoms with van der Waals surface area (Å²) in [4.78, 5) is 0. The van der Waals surface area contributed by atoms with Gasteiger partial charge in [-0.25, -0.2) is 4.63 Å². The Kier molecular flexibility index (Phi) is 3.02. The number of aromatic nitrogens is 2. The second-order valence-electron chi connectivity index (χ2n) is 2.57. The van der Waals surface area contributed by atoms with Crippen molar-refractivity contribution in [3.8, 4) is 0 Å². The molecule has 2 rings (SSSR count). The Morgan fingerprint density at radius 2 is 2.17 bits per heavy atom. The molecular weight excluding hydrogens is 152 g/mol. The van der Waals surface area contributed by atoms with Crippen LogP contribution in [0, 0.1) is 0 Å². The molecule has 0 aliphatic heterocycles. The Hall–Kier alpha value is -1.12. The number of fused-ring (bicyclic) bond motifs is 1. The van der Waals surface area contributed by atoms with E-state index < -0.39 is 0 Å². The standard InChI is InChI=1S/C7H8N2O.C2H6/c1-5-3-2-4-6-7(5)9-10-8-6;1-2/h2,4-5H,3H2,1H3;1-2H3. The summed E-state index contributed by atoms with van der Waals surface area (Å²) in [5.41, 5.74) is 1.88. The molecule has 1 aliphatic carbocycles. The van der Waals surface area contributed by atoms with Crippen molar-refractivity contribution in [2.45, 2.75) is 33.1 Å². The molecule has 0 fully saturated rings. The maximum Gasteiger partial charge on any atom is 0.131 e. The highest BCUT2D eigenvalue weighted by Crippen LogP contribution is 2.25. The Morgan fingerprint density at radius 1 is 1.42 bits per heavy atom. The van der Waals surface area contributed by atoms with Crippen LogP contribution in [0.1, 0.15) is 44.5 Å². The number of nitrogens with zero attached hydrogens (tertiary/aromatic N) is 2. The van der Waals surface area contributed by atoms with Crippen molar-refractivity contribution < 1.29 is 4.63 Å². The van der Waals surface area contributed by atoms with E-state index in [4.69, 9.17) is 0 Å². The highest BCUT2D eigenvalue weighted by molar-refractivity contribution is 5.50. The fourth-order valence-electron chi connectivity index (χ4n) is 1.16. The maximum absolute atomic E-state index is 4.59. The van der Waals surface area contributed by atoms with E-state index in [2.05, 4.69) is 27.9 Å². The largest absolute Gasteiger partial charge is 0.244 e. The van der Waals surface area contributed by atoms with Crippen LogP contribution in [0.3, 0.4) is 0 Å². The Morgan fingerprint density at radius 3 is 2.83 bits per heavy atom. The third kappa shape index (κ3) is 1.55. The topological polar surface area (TPSA) is 38.9 Å². The zero-order valence-electron chi connectivity index (χ0n) is 7.74. The van der Waals surface area contributed by atoms with Crippen LogP contribution >= 0.6 is 0 Å². The first kappa shape index (κ1) is 8.97. The smallest absolute Gasteiger partial charge is 0.131 e. The van der Waals surface area contributed by atoms with Gasteiger partial charge in [0, 0.05) is 5.92 Å². The van der Waals surface area contributed by atoms with E-state index in [1.54, 1.807) is 0 Å². The van der Waals surface area contributed by atoms with Gasteiger partial charge in [-0.3, -0.25) is 0 Å². The van der Waals surface area contributed by atoms with Crippen molar-refractivity contribution in [1.82, 2.24) is 10.3 Å². The second kappa shape index (κ2) is 4.04. The van der Waals surface area contributed by atoms with Gasteiger partial charge in [0.1, 0.15) is 11.4 Å². The van der Waals surface area contributed by atoms with Crippen LogP contribution in [0.2, 0.25) is 0 Å². The van der Waals surface area contributed by atoms with Gasteiger partial charge in [-0.05, 0) is 12.5 Å². The van der Waals surface area contributed by atoms with Crippen LogP contribution in [0.25, 0.3) is 6.08 Å². The molecule has 66 valence electrons. The average molecular weight is 166 g/mol.